The standard InChI is InChI=1S/C26H24Cl2N4O5/c1-3-17-8-4-6-10-20(17)31-25(34)26(35)32-29-14-16-12-19(28)24(22(13-16)36-2)37-15-23(33)30-21-11-7-5-9-18(21)27/h4-14H,3,15H2,1-2H3,(H,30,33)(H,31,34)(H,32,35)/b29-14-. The predicted octanol–water partition coefficient (Wildman–Crippen LogP) is 4.67. The first-order valence-electron chi connectivity index (χ1n) is 11.1. The summed E-state index contributed by atoms with van der Waals surface area (Å²) in [6.45, 7) is 1.60. The van der Waals surface area contributed by atoms with Gasteiger partial charge in [-0.3, -0.25) is 14.4 Å². The van der Waals surface area contributed by atoms with Gasteiger partial charge in [-0.15, -0.1) is 0 Å². The summed E-state index contributed by atoms with van der Waals surface area (Å²) < 4.78 is 10.9. The number of hydrogen-bond acceptors (Lipinski definition) is 6. The minimum absolute atomic E-state index is 0.145. The Kier molecular flexibility index (Phi) is 9.88. The average Bonchev–Trinajstić information content (AvgIpc) is 2.89. The highest BCUT2D eigenvalue weighted by Crippen LogP contribution is 2.36. The molecule has 37 heavy (non-hydrogen) atoms. The molecule has 0 saturated heterocycles. The van der Waals surface area contributed by atoms with Gasteiger partial charge in [-0.1, -0.05) is 60.5 Å². The third kappa shape index (κ3) is 7.70. The molecule has 0 fully saturated rings. The maximum Gasteiger partial charge on any atom is 0.329 e. The Balaban J connectivity index is 1.59. The second-order valence-electron chi connectivity index (χ2n) is 7.51. The molecular formula is C26H24Cl2N4O5. The van der Waals surface area contributed by atoms with E-state index in [1.54, 1.807) is 42.5 Å². The number of anilines is 2. The maximum absolute atomic E-state index is 12.3. The first-order chi connectivity index (χ1) is 17.8. The highest BCUT2D eigenvalue weighted by molar-refractivity contribution is 6.39. The van der Waals surface area contributed by atoms with E-state index in [0.717, 1.165) is 5.56 Å². The number of para-hydroxylation sites is 2. The van der Waals surface area contributed by atoms with E-state index >= 15 is 0 Å². The molecule has 0 aromatic heterocycles. The fraction of sp³-hybridized carbons (Fsp3) is 0.154. The normalized spacial score (nSPS) is 10.6. The largest absolute Gasteiger partial charge is 0.493 e. The van der Waals surface area contributed by atoms with Crippen LogP contribution in [-0.4, -0.2) is 37.7 Å². The van der Waals surface area contributed by atoms with Gasteiger partial charge in [-0.25, -0.2) is 5.43 Å². The molecular weight excluding hydrogens is 519 g/mol. The molecule has 0 radical (unpaired) electrons. The van der Waals surface area contributed by atoms with Gasteiger partial charge in [0.2, 0.25) is 0 Å². The molecule has 3 rings (SSSR count). The van der Waals surface area contributed by atoms with Crippen molar-refractivity contribution in [2.75, 3.05) is 24.4 Å². The molecule has 0 heterocycles. The zero-order valence-corrected chi connectivity index (χ0v) is 21.5. The number of ether oxygens (including phenoxy) is 2. The van der Waals surface area contributed by atoms with Crippen molar-refractivity contribution in [2.45, 2.75) is 13.3 Å². The molecule has 0 aliphatic heterocycles. The molecule has 3 aromatic carbocycles. The number of rotatable bonds is 9. The highest BCUT2D eigenvalue weighted by atomic mass is 35.5. The minimum atomic E-state index is -0.940. The van der Waals surface area contributed by atoms with Crippen LogP contribution in [0.15, 0.2) is 65.8 Å². The van der Waals surface area contributed by atoms with Crippen molar-refractivity contribution < 1.29 is 23.9 Å². The molecule has 9 nitrogen and oxygen atoms in total. The summed E-state index contributed by atoms with van der Waals surface area (Å²) in [5, 5.41) is 9.55. The summed E-state index contributed by atoms with van der Waals surface area (Å²) in [5.74, 6) is -1.86. The molecule has 0 bridgehead atoms. The smallest absolute Gasteiger partial charge is 0.329 e. The number of benzene rings is 3. The van der Waals surface area contributed by atoms with Crippen molar-refractivity contribution in [3.8, 4) is 11.5 Å². The van der Waals surface area contributed by atoms with E-state index in [2.05, 4.69) is 21.2 Å². The Bertz CT molecular complexity index is 1330. The Morgan fingerprint density at radius 1 is 0.919 bits per heavy atom. The van der Waals surface area contributed by atoms with Crippen LogP contribution in [0.25, 0.3) is 0 Å². The molecule has 0 atom stereocenters. The quantitative estimate of drug-likeness (QED) is 0.206. The van der Waals surface area contributed by atoms with Gasteiger partial charge in [-0.2, -0.15) is 5.10 Å². The summed E-state index contributed by atoms with van der Waals surface area (Å²) >= 11 is 12.4. The Morgan fingerprint density at radius 3 is 2.32 bits per heavy atom. The first-order valence-corrected chi connectivity index (χ1v) is 11.8. The number of methoxy groups -OCH3 is 1. The summed E-state index contributed by atoms with van der Waals surface area (Å²) in [7, 11) is 1.41. The van der Waals surface area contributed by atoms with Gasteiger partial charge in [-0.05, 0) is 47.9 Å². The number of halogens is 2. The van der Waals surface area contributed by atoms with Crippen molar-refractivity contribution in [3.63, 3.8) is 0 Å². The lowest BCUT2D eigenvalue weighted by Gasteiger charge is -2.13. The molecule has 0 aliphatic carbocycles. The lowest BCUT2D eigenvalue weighted by atomic mass is 10.1. The van der Waals surface area contributed by atoms with Crippen LogP contribution in [0.3, 0.4) is 0 Å². The fourth-order valence-electron chi connectivity index (χ4n) is 3.19. The monoisotopic (exact) mass is 542 g/mol. The lowest BCUT2D eigenvalue weighted by molar-refractivity contribution is -0.136. The van der Waals surface area contributed by atoms with Crippen LogP contribution in [0.5, 0.6) is 11.5 Å². The van der Waals surface area contributed by atoms with E-state index in [4.69, 9.17) is 32.7 Å². The van der Waals surface area contributed by atoms with Crippen molar-refractivity contribution >= 4 is 58.5 Å². The van der Waals surface area contributed by atoms with E-state index in [-0.39, 0.29) is 23.1 Å². The van der Waals surface area contributed by atoms with Gasteiger partial charge in [0.05, 0.1) is 29.1 Å². The second-order valence-corrected chi connectivity index (χ2v) is 8.33. The molecule has 192 valence electrons. The Hall–Kier alpha value is -4.08. The summed E-state index contributed by atoms with van der Waals surface area (Å²) in [4.78, 5) is 36.6. The van der Waals surface area contributed by atoms with E-state index in [0.29, 0.717) is 28.4 Å². The Labute approximate surface area is 223 Å². The van der Waals surface area contributed by atoms with Crippen LogP contribution >= 0.6 is 23.2 Å². The number of carbonyl (C=O) groups is 3. The van der Waals surface area contributed by atoms with Crippen LogP contribution < -0.4 is 25.5 Å². The van der Waals surface area contributed by atoms with Crippen LogP contribution in [-0.2, 0) is 20.8 Å². The number of aryl methyl sites for hydroxylation is 1. The number of amides is 3. The average molecular weight is 543 g/mol. The predicted molar refractivity (Wildman–Crippen MR) is 144 cm³/mol. The van der Waals surface area contributed by atoms with Crippen LogP contribution in [0, 0.1) is 0 Å². The van der Waals surface area contributed by atoms with Gasteiger partial charge < -0.3 is 20.1 Å². The zero-order chi connectivity index (χ0) is 26.8. The minimum Gasteiger partial charge on any atom is -0.493 e. The summed E-state index contributed by atoms with van der Waals surface area (Å²) in [6, 6.07) is 17.0. The SMILES string of the molecule is CCc1ccccc1NC(=O)C(=O)N/N=C\c1cc(Cl)c(OCC(=O)Nc2ccccc2Cl)c(OC)c1. The van der Waals surface area contributed by atoms with Crippen LogP contribution in [0.4, 0.5) is 11.4 Å². The third-order valence-corrected chi connectivity index (χ3v) is 5.59. The molecule has 3 N–H and O–H groups in total. The molecule has 0 aliphatic rings. The van der Waals surface area contributed by atoms with Gasteiger partial charge in [0, 0.05) is 5.69 Å². The molecule has 0 spiro atoms. The molecule has 11 heteroatoms. The van der Waals surface area contributed by atoms with Crippen LogP contribution in [0.1, 0.15) is 18.1 Å². The van der Waals surface area contributed by atoms with Crippen molar-refractivity contribution in [2.24, 2.45) is 5.10 Å². The number of nitrogens with one attached hydrogen (secondary N) is 3. The number of carbonyl (C=O) groups excluding carboxylic acids is 3. The topological polar surface area (TPSA) is 118 Å². The molecule has 3 aromatic rings. The highest BCUT2D eigenvalue weighted by Gasteiger charge is 2.16. The van der Waals surface area contributed by atoms with E-state index in [9.17, 15) is 14.4 Å². The summed E-state index contributed by atoms with van der Waals surface area (Å²) in [6.07, 6.45) is 1.98. The zero-order valence-electron chi connectivity index (χ0n) is 20.0. The van der Waals surface area contributed by atoms with Crippen molar-refractivity contribution in [1.82, 2.24) is 5.43 Å². The lowest BCUT2D eigenvalue weighted by Crippen LogP contribution is -2.32. The van der Waals surface area contributed by atoms with E-state index in [1.807, 2.05) is 19.1 Å². The number of hydrogen-bond donors (Lipinski definition) is 3. The third-order valence-electron chi connectivity index (χ3n) is 4.98. The number of nitrogens with zero attached hydrogens (tertiary/aromatic N) is 1. The van der Waals surface area contributed by atoms with Gasteiger partial charge in [0.1, 0.15) is 0 Å². The van der Waals surface area contributed by atoms with Gasteiger partial charge in [0.15, 0.2) is 18.1 Å². The summed E-state index contributed by atoms with van der Waals surface area (Å²) in [5.41, 5.74) is 4.53. The van der Waals surface area contributed by atoms with Gasteiger partial charge in [0.25, 0.3) is 5.91 Å². The Morgan fingerprint density at radius 2 is 1.62 bits per heavy atom. The van der Waals surface area contributed by atoms with Gasteiger partial charge >= 0.3 is 11.8 Å². The maximum atomic E-state index is 12.3. The second kappa shape index (κ2) is 13.3. The molecule has 0 unspecified atom stereocenters. The van der Waals surface area contributed by atoms with E-state index < -0.39 is 17.7 Å². The fourth-order valence-corrected chi connectivity index (χ4v) is 3.64. The van der Waals surface area contributed by atoms with Crippen LogP contribution in [0.2, 0.25) is 10.0 Å². The molecule has 3 amide bonds. The van der Waals surface area contributed by atoms with E-state index in [1.165, 1.54) is 19.4 Å². The molecule has 0 saturated carbocycles. The number of hydrazone groups is 1. The first kappa shape index (κ1) is 27.5. The van der Waals surface area contributed by atoms with Crippen molar-refractivity contribution in [1.29, 1.82) is 0 Å². The van der Waals surface area contributed by atoms with Crippen molar-refractivity contribution in [3.05, 3.63) is 81.8 Å².